The molecule has 0 atom stereocenters. The van der Waals surface area contributed by atoms with Gasteiger partial charge in [0.1, 0.15) is 8.96 Å². The molecule has 302 valence electrons. The Morgan fingerprint density at radius 2 is 0.420 bits per heavy atom. The van der Waals surface area contributed by atoms with Crippen molar-refractivity contribution in [2.24, 2.45) is 5.40 Å². The number of alkyl halides is 30. The van der Waals surface area contributed by atoms with Crippen molar-refractivity contribution in [3.63, 3.8) is 0 Å². The lowest BCUT2D eigenvalue weighted by atomic mass is 9.90. The minimum atomic E-state index is -8.76. The second-order valence-corrected chi connectivity index (χ2v) is 12.7. The molecule has 0 aromatic carbocycles. The van der Waals surface area contributed by atoms with E-state index in [1.54, 1.807) is 0 Å². The first-order valence-corrected chi connectivity index (χ1v) is 13.8. The molecular weight excluding hydrogens is 828 g/mol. The van der Waals surface area contributed by atoms with Gasteiger partial charge >= 0.3 is 83.4 Å². The van der Waals surface area contributed by atoms with Gasteiger partial charge in [0.15, 0.2) is 0 Å². The van der Waals surface area contributed by atoms with E-state index in [9.17, 15) is 132 Å². The van der Waals surface area contributed by atoms with Crippen molar-refractivity contribution >= 4 is 8.96 Å². The lowest BCUT2D eigenvalue weighted by Gasteiger charge is -2.42. The summed E-state index contributed by atoms with van der Waals surface area (Å²) in [4.78, 5) is 0. The molecule has 50 heavy (non-hydrogen) atoms. The van der Waals surface area contributed by atoms with Crippen molar-refractivity contribution in [2.75, 3.05) is 0 Å². The van der Waals surface area contributed by atoms with Gasteiger partial charge in [-0.3, -0.25) is 0 Å². The molecule has 1 nitrogen and oxygen atoms in total. The SMILES string of the molecule is N[SiH](CCC(F)(F)C(F)(F)C(F)(F)C(F)(F)C(F)(F)C(F)(F)C(F)(F)F)CCC(F)(F)C(F)(F)C(F)(F)C(F)(F)C(F)(F)C(F)(F)C(F)(F)F. The fourth-order valence-electron chi connectivity index (χ4n) is 3.19. The molecule has 0 aliphatic rings. The van der Waals surface area contributed by atoms with Crippen LogP contribution >= 0.6 is 0 Å². The standard InChI is InChI=1S/C18H11F30NSi/c19-5(20,7(23,24)9(27,28)11(31,32)13(35,36)15(39,40)17(43,44)45)1-3-50(49)4-2-6(21,22)8(25,26)10(29,30)12(33,34)14(37,38)16(41,42)18(46,47)48/h50H,1-4,49H2. The highest BCUT2D eigenvalue weighted by Crippen LogP contribution is 2.64. The van der Waals surface area contributed by atoms with Crippen LogP contribution in [0.25, 0.3) is 0 Å². The zero-order valence-electron chi connectivity index (χ0n) is 22.3. The predicted molar refractivity (Wildman–Crippen MR) is 102 cm³/mol. The molecule has 0 saturated carbocycles. The van der Waals surface area contributed by atoms with Crippen LogP contribution in [0.2, 0.25) is 12.1 Å². The zero-order chi connectivity index (χ0) is 41.4. The normalized spacial score (nSPS) is 16.8. The summed E-state index contributed by atoms with van der Waals surface area (Å²) in [5, 5.41) is 4.74. The average molecular weight is 839 g/mol. The molecule has 0 heterocycles. The van der Waals surface area contributed by atoms with Crippen LogP contribution in [-0.2, 0) is 0 Å². The van der Waals surface area contributed by atoms with Gasteiger partial charge in [-0.05, 0) is 12.1 Å². The summed E-state index contributed by atoms with van der Waals surface area (Å²) in [5.74, 6) is -99.2. The lowest BCUT2D eigenvalue weighted by Crippen LogP contribution is -2.72. The van der Waals surface area contributed by atoms with Crippen LogP contribution < -0.4 is 5.40 Å². The molecule has 0 saturated heterocycles. The molecule has 2 N–H and O–H groups in total. The maximum Gasteiger partial charge on any atom is 0.460 e. The minimum Gasteiger partial charge on any atom is -0.353 e. The Bertz CT molecular complexity index is 1090. The van der Waals surface area contributed by atoms with E-state index in [0.29, 0.717) is 0 Å². The van der Waals surface area contributed by atoms with Gasteiger partial charge in [0.2, 0.25) is 0 Å². The summed E-state index contributed by atoms with van der Waals surface area (Å²) in [6.45, 7) is 0. The molecular formula is C18H11F30NSi. The topological polar surface area (TPSA) is 26.0 Å². The second kappa shape index (κ2) is 12.6. The highest BCUT2D eigenvalue weighted by molar-refractivity contribution is 6.55. The van der Waals surface area contributed by atoms with Crippen LogP contribution in [0.4, 0.5) is 132 Å². The van der Waals surface area contributed by atoms with E-state index in [1.807, 2.05) is 0 Å². The van der Waals surface area contributed by atoms with Crippen molar-refractivity contribution in [1.82, 2.24) is 0 Å². The number of rotatable bonds is 16. The van der Waals surface area contributed by atoms with Gasteiger partial charge in [0.25, 0.3) is 0 Å². The first-order chi connectivity index (χ1) is 21.1. The number of nitrogens with two attached hydrogens (primary N) is 1. The fourth-order valence-corrected chi connectivity index (χ4v) is 4.95. The van der Waals surface area contributed by atoms with Gasteiger partial charge < -0.3 is 5.40 Å². The van der Waals surface area contributed by atoms with Crippen molar-refractivity contribution in [1.29, 1.82) is 0 Å². The van der Waals surface area contributed by atoms with Crippen molar-refractivity contribution in [3.8, 4) is 0 Å². The van der Waals surface area contributed by atoms with E-state index in [1.165, 1.54) is 0 Å². The summed E-state index contributed by atoms with van der Waals surface area (Å²) >= 11 is 0. The Kier molecular flexibility index (Phi) is 12.1. The van der Waals surface area contributed by atoms with Crippen LogP contribution in [-0.4, -0.2) is 92.4 Å². The fraction of sp³-hybridized carbons (Fsp3) is 1.00. The Balaban J connectivity index is 6.27. The minimum absolute atomic E-state index is 2.37. The van der Waals surface area contributed by atoms with E-state index in [4.69, 9.17) is 5.40 Å². The van der Waals surface area contributed by atoms with Crippen LogP contribution in [0.3, 0.4) is 0 Å². The van der Waals surface area contributed by atoms with Crippen LogP contribution in [0.5, 0.6) is 0 Å². The van der Waals surface area contributed by atoms with Gasteiger partial charge in [-0.25, -0.2) is 0 Å². The molecule has 0 rings (SSSR count). The molecule has 0 aromatic heterocycles. The van der Waals surface area contributed by atoms with Crippen LogP contribution in [0, 0.1) is 0 Å². The van der Waals surface area contributed by atoms with Gasteiger partial charge in [-0.2, -0.15) is 132 Å². The van der Waals surface area contributed by atoms with E-state index in [-0.39, 0.29) is 0 Å². The summed E-state index contributed by atoms with van der Waals surface area (Å²) in [7, 11) is -4.73. The highest BCUT2D eigenvalue weighted by atomic mass is 28.3. The van der Waals surface area contributed by atoms with E-state index in [2.05, 4.69) is 0 Å². The first kappa shape index (κ1) is 48.1. The molecule has 0 unspecified atom stereocenters. The molecule has 0 bridgehead atoms. The van der Waals surface area contributed by atoms with Crippen LogP contribution in [0.1, 0.15) is 12.8 Å². The van der Waals surface area contributed by atoms with E-state index in [0.717, 1.165) is 0 Å². The largest absolute Gasteiger partial charge is 0.460 e. The Labute approximate surface area is 255 Å². The van der Waals surface area contributed by atoms with E-state index < -0.39 is 117 Å². The Morgan fingerprint density at radius 1 is 0.260 bits per heavy atom. The molecule has 0 fully saturated rings. The van der Waals surface area contributed by atoms with E-state index >= 15 is 0 Å². The third-order valence-corrected chi connectivity index (χ3v) is 8.50. The van der Waals surface area contributed by atoms with Gasteiger partial charge in [-0.15, -0.1) is 0 Å². The second-order valence-electron chi connectivity index (χ2n) is 9.99. The molecule has 0 radical (unpaired) electrons. The predicted octanol–water partition coefficient (Wildman–Crippen LogP) is 10.2. The molecule has 0 aliphatic carbocycles. The lowest BCUT2D eigenvalue weighted by molar-refractivity contribution is -0.452. The summed E-state index contributed by atoms with van der Waals surface area (Å²) in [6, 6.07) is -4.74. The number of hydrogen-bond acceptors (Lipinski definition) is 1. The molecule has 32 heteroatoms. The van der Waals surface area contributed by atoms with Gasteiger partial charge in [0.05, 0.1) is 0 Å². The summed E-state index contributed by atoms with van der Waals surface area (Å²) in [6.07, 6.45) is -22.6. The first-order valence-electron chi connectivity index (χ1n) is 11.5. The van der Waals surface area contributed by atoms with Crippen LogP contribution in [0.15, 0.2) is 0 Å². The average Bonchev–Trinajstić information content (AvgIpc) is 2.88. The van der Waals surface area contributed by atoms with Gasteiger partial charge in [0, 0.05) is 12.8 Å². The van der Waals surface area contributed by atoms with Crippen molar-refractivity contribution in [2.45, 2.75) is 108 Å². The van der Waals surface area contributed by atoms with Gasteiger partial charge in [-0.1, -0.05) is 0 Å². The maximum atomic E-state index is 13.8. The number of hydrogen-bond donors (Lipinski definition) is 1. The summed E-state index contributed by atoms with van der Waals surface area (Å²) in [5.41, 5.74) is 0. The maximum absolute atomic E-state index is 13.8. The molecule has 0 amide bonds. The third-order valence-electron chi connectivity index (χ3n) is 6.44. The molecule has 0 aliphatic heterocycles. The zero-order valence-corrected chi connectivity index (χ0v) is 23.5. The highest BCUT2D eigenvalue weighted by Gasteiger charge is 2.94. The number of halogens is 30. The van der Waals surface area contributed by atoms with Crippen molar-refractivity contribution < 1.29 is 132 Å². The smallest absolute Gasteiger partial charge is 0.353 e. The Morgan fingerprint density at radius 3 is 0.600 bits per heavy atom. The third kappa shape index (κ3) is 6.72. The van der Waals surface area contributed by atoms with Crippen molar-refractivity contribution in [3.05, 3.63) is 0 Å². The molecule has 0 spiro atoms. The monoisotopic (exact) mass is 839 g/mol. The summed E-state index contributed by atoms with van der Waals surface area (Å²) < 4.78 is 395. The quantitative estimate of drug-likeness (QED) is 0.122. The Hall–Kier alpha value is -1.92. The molecule has 0 aromatic rings.